The van der Waals surface area contributed by atoms with Crippen LogP contribution >= 0.6 is 0 Å². The molecule has 0 unspecified atom stereocenters. The third-order valence-electron chi connectivity index (χ3n) is 6.13. The Bertz CT molecular complexity index is 885. The number of hydrogen-bond acceptors (Lipinski definition) is 3. The van der Waals surface area contributed by atoms with Crippen molar-refractivity contribution < 1.29 is 14.3 Å². The van der Waals surface area contributed by atoms with E-state index in [-0.39, 0.29) is 11.5 Å². The molecule has 5 heteroatoms. The summed E-state index contributed by atoms with van der Waals surface area (Å²) in [5, 5.41) is 10.8. The molecule has 2 aromatic carbocycles. The average molecular weight is 397 g/mol. The first-order valence-corrected chi connectivity index (χ1v) is 10.6. The van der Waals surface area contributed by atoms with Gasteiger partial charge in [-0.2, -0.15) is 0 Å². The lowest BCUT2D eigenvalue weighted by molar-refractivity contribution is 0.0875. The lowest BCUT2D eigenvalue weighted by atomic mass is 9.95. The summed E-state index contributed by atoms with van der Waals surface area (Å²) in [6.45, 7) is 5.55. The maximum absolute atomic E-state index is 14.1. The highest BCUT2D eigenvalue weighted by atomic mass is 19.1. The zero-order chi connectivity index (χ0) is 20.4. The van der Waals surface area contributed by atoms with Gasteiger partial charge >= 0.3 is 0 Å². The summed E-state index contributed by atoms with van der Waals surface area (Å²) in [5.74, 6) is -0.121. The van der Waals surface area contributed by atoms with Gasteiger partial charge in [0.2, 0.25) is 0 Å². The molecule has 0 aromatic heterocycles. The molecule has 4 nitrogen and oxygen atoms in total. The zero-order valence-electron chi connectivity index (χ0n) is 17.0. The zero-order valence-corrected chi connectivity index (χ0v) is 17.0. The highest BCUT2D eigenvalue weighted by Gasteiger charge is 2.26. The van der Waals surface area contributed by atoms with E-state index in [4.69, 9.17) is 0 Å². The molecule has 1 amide bonds. The Labute approximate surface area is 171 Å². The van der Waals surface area contributed by atoms with Gasteiger partial charge in [0.05, 0.1) is 11.7 Å². The number of β-amino-alcohol motifs (C(OH)–C–C–N with tert-alkyl or cyclic N) is 1. The Balaban J connectivity index is 1.52. The van der Waals surface area contributed by atoms with E-state index in [1.54, 1.807) is 17.0 Å². The molecule has 2 heterocycles. The minimum atomic E-state index is -0.539. The maximum atomic E-state index is 14.1. The fraction of sp³-hybridized carbons (Fsp3) is 0.458. The van der Waals surface area contributed by atoms with Crippen LogP contribution in [0.25, 0.3) is 0 Å². The monoisotopic (exact) mass is 396 g/mol. The van der Waals surface area contributed by atoms with Crippen LogP contribution in [0.4, 0.5) is 10.1 Å². The summed E-state index contributed by atoms with van der Waals surface area (Å²) in [4.78, 5) is 16.9. The molecule has 29 heavy (non-hydrogen) atoms. The third-order valence-corrected chi connectivity index (χ3v) is 6.13. The molecule has 1 fully saturated rings. The molecule has 2 aliphatic heterocycles. The van der Waals surface area contributed by atoms with Gasteiger partial charge in [0.1, 0.15) is 5.82 Å². The summed E-state index contributed by atoms with van der Waals surface area (Å²) >= 11 is 0. The molecule has 0 radical (unpaired) electrons. The molecule has 2 aliphatic rings. The highest BCUT2D eigenvalue weighted by molar-refractivity contribution is 6.06. The number of anilines is 1. The fourth-order valence-electron chi connectivity index (χ4n) is 4.62. The normalized spacial score (nSPS) is 20.9. The predicted octanol–water partition coefficient (Wildman–Crippen LogP) is 4.18. The molecule has 0 bridgehead atoms. The number of nitrogens with zero attached hydrogens (tertiary/aromatic N) is 2. The van der Waals surface area contributed by atoms with E-state index >= 15 is 0 Å². The number of aryl methyl sites for hydroxylation is 1. The van der Waals surface area contributed by atoms with Gasteiger partial charge in [-0.25, -0.2) is 4.39 Å². The standard InChI is InChI=1S/C24H29FN2O2/c1-17-6-4-12-26(15-17)16-23(28)19-10-11-22-18(14-19)7-5-13-27(22)24(29)20-8-2-3-9-21(20)25/h2-3,8-11,14,17,23,28H,4-7,12-13,15-16H2,1H3/t17-,23-/m0/s1. The third kappa shape index (κ3) is 4.36. The van der Waals surface area contributed by atoms with Gasteiger partial charge in [0.15, 0.2) is 0 Å². The number of benzene rings is 2. The number of likely N-dealkylation sites (tertiary alicyclic amines) is 1. The van der Waals surface area contributed by atoms with E-state index in [0.717, 1.165) is 42.7 Å². The Morgan fingerprint density at radius 1 is 1.21 bits per heavy atom. The lowest BCUT2D eigenvalue weighted by Gasteiger charge is -2.33. The molecular formula is C24H29FN2O2. The van der Waals surface area contributed by atoms with Gasteiger partial charge in [-0.1, -0.05) is 31.2 Å². The van der Waals surface area contributed by atoms with Crippen molar-refractivity contribution in [1.82, 2.24) is 4.90 Å². The largest absolute Gasteiger partial charge is 0.387 e. The van der Waals surface area contributed by atoms with Crippen LogP contribution in [0.3, 0.4) is 0 Å². The van der Waals surface area contributed by atoms with E-state index in [1.807, 2.05) is 18.2 Å². The van der Waals surface area contributed by atoms with Crippen molar-refractivity contribution in [2.24, 2.45) is 5.92 Å². The lowest BCUT2D eigenvalue weighted by Crippen LogP contribution is -2.37. The van der Waals surface area contributed by atoms with Crippen molar-refractivity contribution in [2.75, 3.05) is 31.1 Å². The van der Waals surface area contributed by atoms with Crippen molar-refractivity contribution in [3.05, 3.63) is 65.0 Å². The molecule has 0 spiro atoms. The fourth-order valence-corrected chi connectivity index (χ4v) is 4.62. The minimum Gasteiger partial charge on any atom is -0.387 e. The van der Waals surface area contributed by atoms with E-state index in [0.29, 0.717) is 19.0 Å². The van der Waals surface area contributed by atoms with Crippen molar-refractivity contribution in [3.8, 4) is 0 Å². The predicted molar refractivity (Wildman–Crippen MR) is 113 cm³/mol. The number of amides is 1. The SMILES string of the molecule is C[C@H]1CCCN(C[C@H](O)c2ccc3c(c2)CCCN3C(=O)c2ccccc2F)C1. The molecule has 154 valence electrons. The van der Waals surface area contributed by atoms with Crippen LogP contribution in [0.2, 0.25) is 0 Å². The number of aliphatic hydroxyl groups is 1. The molecule has 0 aliphatic carbocycles. The van der Waals surface area contributed by atoms with Crippen LogP contribution < -0.4 is 4.90 Å². The molecule has 1 saturated heterocycles. The second-order valence-corrected chi connectivity index (χ2v) is 8.45. The second-order valence-electron chi connectivity index (χ2n) is 8.45. The summed E-state index contributed by atoms with van der Waals surface area (Å²) < 4.78 is 14.1. The van der Waals surface area contributed by atoms with Crippen LogP contribution in [0.1, 0.15) is 53.8 Å². The van der Waals surface area contributed by atoms with Gasteiger partial charge in [0.25, 0.3) is 5.91 Å². The first kappa shape index (κ1) is 20.0. The molecule has 0 saturated carbocycles. The van der Waals surface area contributed by atoms with Gasteiger partial charge in [0, 0.05) is 25.3 Å². The summed E-state index contributed by atoms with van der Waals surface area (Å²) in [7, 11) is 0. The molecule has 2 atom stereocenters. The summed E-state index contributed by atoms with van der Waals surface area (Å²) in [6.07, 6.45) is 3.60. The Hall–Kier alpha value is -2.24. The quantitative estimate of drug-likeness (QED) is 0.843. The molecular weight excluding hydrogens is 367 g/mol. The van der Waals surface area contributed by atoms with E-state index in [2.05, 4.69) is 11.8 Å². The number of rotatable bonds is 4. The first-order chi connectivity index (χ1) is 14.0. The Morgan fingerprint density at radius 2 is 2.03 bits per heavy atom. The number of hydrogen-bond donors (Lipinski definition) is 1. The first-order valence-electron chi connectivity index (χ1n) is 10.6. The summed E-state index contributed by atoms with van der Waals surface area (Å²) in [5.41, 5.74) is 2.86. The van der Waals surface area contributed by atoms with Crippen molar-refractivity contribution in [3.63, 3.8) is 0 Å². The van der Waals surface area contributed by atoms with Crippen LogP contribution in [-0.2, 0) is 6.42 Å². The number of carbonyl (C=O) groups is 1. The number of aliphatic hydroxyl groups excluding tert-OH is 1. The number of halogens is 1. The molecule has 1 N–H and O–H groups in total. The molecule has 2 aromatic rings. The van der Waals surface area contributed by atoms with Crippen LogP contribution in [0, 0.1) is 11.7 Å². The topological polar surface area (TPSA) is 43.8 Å². The average Bonchev–Trinajstić information content (AvgIpc) is 2.73. The van der Waals surface area contributed by atoms with Crippen molar-refractivity contribution >= 4 is 11.6 Å². The Morgan fingerprint density at radius 3 is 2.83 bits per heavy atom. The van der Waals surface area contributed by atoms with E-state index in [1.165, 1.54) is 25.0 Å². The summed E-state index contributed by atoms with van der Waals surface area (Å²) in [6, 6.07) is 12.0. The van der Waals surface area contributed by atoms with Gasteiger partial charge < -0.3 is 14.9 Å². The van der Waals surface area contributed by atoms with E-state index in [9.17, 15) is 14.3 Å². The highest BCUT2D eigenvalue weighted by Crippen LogP contribution is 2.32. The second kappa shape index (κ2) is 8.64. The smallest absolute Gasteiger partial charge is 0.261 e. The van der Waals surface area contributed by atoms with Gasteiger partial charge in [-0.15, -0.1) is 0 Å². The number of fused-ring (bicyclic) bond motifs is 1. The minimum absolute atomic E-state index is 0.101. The molecule has 4 rings (SSSR count). The van der Waals surface area contributed by atoms with Crippen molar-refractivity contribution in [2.45, 2.75) is 38.7 Å². The van der Waals surface area contributed by atoms with Crippen LogP contribution in [0.5, 0.6) is 0 Å². The number of carbonyl (C=O) groups excluding carboxylic acids is 1. The number of piperidine rings is 1. The van der Waals surface area contributed by atoms with Gasteiger partial charge in [-0.05, 0) is 67.5 Å². The Kier molecular flexibility index (Phi) is 5.97. The van der Waals surface area contributed by atoms with Gasteiger partial charge in [-0.3, -0.25) is 4.79 Å². The van der Waals surface area contributed by atoms with Crippen LogP contribution in [0.15, 0.2) is 42.5 Å². The maximum Gasteiger partial charge on any atom is 0.261 e. The van der Waals surface area contributed by atoms with Crippen LogP contribution in [-0.4, -0.2) is 42.1 Å². The van der Waals surface area contributed by atoms with E-state index < -0.39 is 11.9 Å². The van der Waals surface area contributed by atoms with Crippen molar-refractivity contribution in [1.29, 1.82) is 0 Å².